The van der Waals surface area contributed by atoms with Gasteiger partial charge in [0.2, 0.25) is 0 Å². The smallest absolute Gasteiger partial charge is 0.196 e. The third-order valence-corrected chi connectivity index (χ3v) is 4.01. The zero-order chi connectivity index (χ0) is 13.1. The van der Waals surface area contributed by atoms with Crippen LogP contribution in [0.25, 0.3) is 22.2 Å². The Labute approximate surface area is 111 Å². The van der Waals surface area contributed by atoms with Gasteiger partial charge in [0, 0.05) is 29.1 Å². The highest BCUT2D eigenvalue weighted by Crippen LogP contribution is 2.42. The van der Waals surface area contributed by atoms with Gasteiger partial charge in [0.1, 0.15) is 0 Å². The fraction of sp³-hybridized carbons (Fsp3) is 0.118. The van der Waals surface area contributed by atoms with Gasteiger partial charge in [0.15, 0.2) is 5.78 Å². The van der Waals surface area contributed by atoms with E-state index in [0.29, 0.717) is 0 Å². The summed E-state index contributed by atoms with van der Waals surface area (Å²) in [5.74, 6) is 0.158. The number of aryl methyl sites for hydroxylation is 2. The molecule has 0 fully saturated rings. The van der Waals surface area contributed by atoms with Gasteiger partial charge in [-0.25, -0.2) is 0 Å². The van der Waals surface area contributed by atoms with Crippen LogP contribution in [-0.4, -0.2) is 10.4 Å². The molecule has 2 heteroatoms. The average molecular weight is 247 g/mol. The molecule has 2 nitrogen and oxygen atoms in total. The topological polar surface area (TPSA) is 22.0 Å². The van der Waals surface area contributed by atoms with Crippen molar-refractivity contribution in [2.75, 3.05) is 0 Å². The van der Waals surface area contributed by atoms with Crippen LogP contribution in [0.2, 0.25) is 0 Å². The molecule has 0 unspecified atom stereocenters. The number of carbonyl (C=O) groups is 1. The van der Waals surface area contributed by atoms with Crippen LogP contribution in [0.4, 0.5) is 0 Å². The lowest BCUT2D eigenvalue weighted by molar-refractivity contribution is 0.104. The molecule has 0 aliphatic heterocycles. The molecule has 1 aliphatic rings. The van der Waals surface area contributed by atoms with E-state index in [9.17, 15) is 4.79 Å². The van der Waals surface area contributed by atoms with Crippen LogP contribution in [-0.2, 0) is 7.05 Å². The van der Waals surface area contributed by atoms with Gasteiger partial charge in [-0.1, -0.05) is 35.9 Å². The molecule has 0 radical (unpaired) electrons. The number of hydrogen-bond donors (Lipinski definition) is 0. The molecule has 3 aromatic rings. The van der Waals surface area contributed by atoms with Crippen LogP contribution in [0.15, 0.2) is 42.5 Å². The van der Waals surface area contributed by atoms with Gasteiger partial charge in [-0.05, 0) is 19.1 Å². The molecule has 0 bridgehead atoms. The lowest BCUT2D eigenvalue weighted by Crippen LogP contribution is -1.95. The molecule has 0 N–H and O–H groups in total. The number of fused-ring (bicyclic) bond motifs is 5. The normalized spacial score (nSPS) is 12.8. The van der Waals surface area contributed by atoms with E-state index in [-0.39, 0.29) is 5.78 Å². The summed E-state index contributed by atoms with van der Waals surface area (Å²) in [6, 6.07) is 14.2. The summed E-state index contributed by atoms with van der Waals surface area (Å²) in [7, 11) is 2.03. The summed E-state index contributed by atoms with van der Waals surface area (Å²) >= 11 is 0. The quantitative estimate of drug-likeness (QED) is 0.464. The number of ketones is 1. The molecule has 0 saturated carbocycles. The average Bonchev–Trinajstić information content (AvgIpc) is 2.87. The summed E-state index contributed by atoms with van der Waals surface area (Å²) < 4.78 is 2.13. The zero-order valence-electron chi connectivity index (χ0n) is 10.9. The van der Waals surface area contributed by atoms with E-state index in [1.807, 2.05) is 38.2 Å². The van der Waals surface area contributed by atoms with Crippen LogP contribution in [0, 0.1) is 6.92 Å². The summed E-state index contributed by atoms with van der Waals surface area (Å²) in [4.78, 5) is 12.7. The highest BCUT2D eigenvalue weighted by Gasteiger charge is 2.32. The van der Waals surface area contributed by atoms with Crippen molar-refractivity contribution in [1.29, 1.82) is 0 Å². The summed E-state index contributed by atoms with van der Waals surface area (Å²) in [6.07, 6.45) is 0. The van der Waals surface area contributed by atoms with Crippen molar-refractivity contribution in [1.82, 2.24) is 4.57 Å². The van der Waals surface area contributed by atoms with Crippen molar-refractivity contribution < 1.29 is 4.79 Å². The van der Waals surface area contributed by atoms with Crippen molar-refractivity contribution >= 4 is 16.7 Å². The second-order valence-corrected chi connectivity index (χ2v) is 5.18. The Bertz CT molecular complexity index is 855. The number of rotatable bonds is 0. The van der Waals surface area contributed by atoms with E-state index in [1.165, 1.54) is 0 Å². The molecule has 0 atom stereocenters. The van der Waals surface area contributed by atoms with Gasteiger partial charge in [-0.3, -0.25) is 4.79 Å². The van der Waals surface area contributed by atoms with E-state index < -0.39 is 0 Å². The first-order valence-corrected chi connectivity index (χ1v) is 6.41. The second-order valence-electron chi connectivity index (χ2n) is 5.18. The van der Waals surface area contributed by atoms with Crippen molar-refractivity contribution in [3.8, 4) is 11.3 Å². The first-order chi connectivity index (χ1) is 9.18. The van der Waals surface area contributed by atoms with Crippen molar-refractivity contribution in [2.45, 2.75) is 6.92 Å². The van der Waals surface area contributed by atoms with Crippen molar-refractivity contribution in [3.63, 3.8) is 0 Å². The Morgan fingerprint density at radius 3 is 2.63 bits per heavy atom. The molecule has 0 amide bonds. The third-order valence-electron chi connectivity index (χ3n) is 4.01. The molecule has 4 rings (SSSR count). The number of para-hydroxylation sites is 1. The maximum Gasteiger partial charge on any atom is 0.196 e. The van der Waals surface area contributed by atoms with Gasteiger partial charge in [0.25, 0.3) is 0 Å². The van der Waals surface area contributed by atoms with Gasteiger partial charge >= 0.3 is 0 Å². The molecule has 0 spiro atoms. The monoisotopic (exact) mass is 247 g/mol. The SMILES string of the molecule is Cc1ccc2c(c1)C(=O)c1c-2n(C)c2ccccc12. The minimum Gasteiger partial charge on any atom is -0.343 e. The molecule has 1 aromatic heterocycles. The Morgan fingerprint density at radius 2 is 1.79 bits per heavy atom. The van der Waals surface area contributed by atoms with E-state index in [4.69, 9.17) is 0 Å². The first-order valence-electron chi connectivity index (χ1n) is 6.41. The van der Waals surface area contributed by atoms with Crippen LogP contribution in [0.1, 0.15) is 21.5 Å². The van der Waals surface area contributed by atoms with Gasteiger partial charge in [-0.2, -0.15) is 0 Å². The van der Waals surface area contributed by atoms with E-state index in [0.717, 1.165) is 38.9 Å². The van der Waals surface area contributed by atoms with Crippen LogP contribution in [0.5, 0.6) is 0 Å². The molecular weight excluding hydrogens is 234 g/mol. The van der Waals surface area contributed by atoms with Crippen LogP contribution >= 0.6 is 0 Å². The second kappa shape index (κ2) is 3.35. The first kappa shape index (κ1) is 10.6. The largest absolute Gasteiger partial charge is 0.343 e. The fourth-order valence-electron chi connectivity index (χ4n) is 3.13. The molecule has 19 heavy (non-hydrogen) atoms. The predicted molar refractivity (Wildman–Crippen MR) is 76.5 cm³/mol. The highest BCUT2D eigenvalue weighted by molar-refractivity contribution is 6.27. The maximum atomic E-state index is 12.7. The molecule has 0 saturated heterocycles. The summed E-state index contributed by atoms with van der Waals surface area (Å²) in [5, 5.41) is 1.05. The van der Waals surface area contributed by atoms with Gasteiger partial charge in [0.05, 0.1) is 11.3 Å². The Balaban J connectivity index is 2.20. The predicted octanol–water partition coefficient (Wildman–Crippen LogP) is 3.70. The van der Waals surface area contributed by atoms with E-state index >= 15 is 0 Å². The van der Waals surface area contributed by atoms with Crippen LogP contribution in [0.3, 0.4) is 0 Å². The van der Waals surface area contributed by atoms with Crippen LogP contribution < -0.4 is 0 Å². The number of aromatic nitrogens is 1. The van der Waals surface area contributed by atoms with Crippen molar-refractivity contribution in [3.05, 3.63) is 59.2 Å². The molecule has 2 aromatic carbocycles. The molecule has 92 valence electrons. The summed E-state index contributed by atoms with van der Waals surface area (Å²) in [5.41, 5.74) is 6.06. The number of carbonyl (C=O) groups excluding carboxylic acids is 1. The molecular formula is C17H13NO. The number of nitrogens with zero attached hydrogens (tertiary/aromatic N) is 1. The van der Waals surface area contributed by atoms with E-state index in [1.54, 1.807) is 0 Å². The van der Waals surface area contributed by atoms with Gasteiger partial charge in [-0.15, -0.1) is 0 Å². The minimum atomic E-state index is 0.158. The van der Waals surface area contributed by atoms with Gasteiger partial charge < -0.3 is 4.57 Å². The summed E-state index contributed by atoms with van der Waals surface area (Å²) in [6.45, 7) is 2.02. The Morgan fingerprint density at radius 1 is 1.00 bits per heavy atom. The fourth-order valence-corrected chi connectivity index (χ4v) is 3.13. The van der Waals surface area contributed by atoms with E-state index in [2.05, 4.69) is 22.8 Å². The molecule has 1 aliphatic carbocycles. The number of benzene rings is 2. The Kier molecular flexibility index (Phi) is 1.86. The lowest BCUT2D eigenvalue weighted by Gasteiger charge is -2.05. The lowest BCUT2D eigenvalue weighted by atomic mass is 10.0. The Hall–Kier alpha value is -2.35. The molecule has 1 heterocycles. The highest BCUT2D eigenvalue weighted by atomic mass is 16.1. The minimum absolute atomic E-state index is 0.158. The zero-order valence-corrected chi connectivity index (χ0v) is 10.9. The third kappa shape index (κ3) is 1.18. The maximum absolute atomic E-state index is 12.7. The standard InChI is InChI=1S/C17H13NO/c1-10-7-8-11-13(9-10)17(19)15-12-5-3-4-6-14(12)18(2)16(11)15/h3-9H,1-2H3. The number of hydrogen-bond acceptors (Lipinski definition) is 1. The van der Waals surface area contributed by atoms with Crippen molar-refractivity contribution in [2.24, 2.45) is 7.05 Å².